The lowest BCUT2D eigenvalue weighted by Gasteiger charge is -2.20. The molecule has 0 radical (unpaired) electrons. The smallest absolute Gasteiger partial charge is 0.363 e. The second kappa shape index (κ2) is 6.55. The van der Waals surface area contributed by atoms with Crippen LogP contribution >= 0.6 is 0 Å². The number of hydrogen-bond acceptors (Lipinski definition) is 6. The molecule has 0 atom stereocenters. The Kier molecular flexibility index (Phi) is 4.08. The van der Waals surface area contributed by atoms with Gasteiger partial charge in [-0.1, -0.05) is 18.2 Å². The number of carbonyl (C=O) groups excluding carboxylic acids is 1. The van der Waals surface area contributed by atoms with Crippen LogP contribution in [0.25, 0.3) is 6.08 Å². The number of rotatable bonds is 3. The van der Waals surface area contributed by atoms with E-state index in [-0.39, 0.29) is 5.70 Å². The number of methoxy groups -OCH3 is 1. The first-order valence-electron chi connectivity index (χ1n) is 8.22. The molecule has 26 heavy (non-hydrogen) atoms. The zero-order valence-electron chi connectivity index (χ0n) is 14.4. The summed E-state index contributed by atoms with van der Waals surface area (Å²) in [4.78, 5) is 16.6. The number of benzene rings is 2. The Bertz CT molecular complexity index is 928. The number of aryl methyl sites for hydroxylation is 1. The van der Waals surface area contributed by atoms with Crippen molar-refractivity contribution >= 4 is 17.9 Å². The molecular weight excluding hydrogens is 334 g/mol. The van der Waals surface area contributed by atoms with Crippen LogP contribution < -0.4 is 14.2 Å². The summed E-state index contributed by atoms with van der Waals surface area (Å²) in [5.41, 5.74) is 2.72. The normalized spacial score (nSPS) is 17.1. The Morgan fingerprint density at radius 2 is 1.96 bits per heavy atom. The second-order valence-electron chi connectivity index (χ2n) is 5.90. The van der Waals surface area contributed by atoms with Gasteiger partial charge >= 0.3 is 5.97 Å². The molecule has 6 heteroatoms. The fraction of sp³-hybridized carbons (Fsp3) is 0.200. The molecule has 2 aliphatic rings. The van der Waals surface area contributed by atoms with Crippen molar-refractivity contribution in [3.63, 3.8) is 0 Å². The van der Waals surface area contributed by atoms with Crippen LogP contribution in [0.15, 0.2) is 47.1 Å². The molecule has 0 saturated heterocycles. The zero-order chi connectivity index (χ0) is 18.1. The summed E-state index contributed by atoms with van der Waals surface area (Å²) < 4.78 is 21.9. The van der Waals surface area contributed by atoms with E-state index in [2.05, 4.69) is 4.99 Å². The molecule has 2 aromatic carbocycles. The lowest BCUT2D eigenvalue weighted by molar-refractivity contribution is -0.129. The number of esters is 1. The average Bonchev–Trinajstić information content (AvgIpc) is 3.01. The van der Waals surface area contributed by atoms with Crippen molar-refractivity contribution in [3.05, 3.63) is 58.8 Å². The van der Waals surface area contributed by atoms with E-state index in [0.717, 1.165) is 11.1 Å². The van der Waals surface area contributed by atoms with Gasteiger partial charge in [0, 0.05) is 5.56 Å². The van der Waals surface area contributed by atoms with Gasteiger partial charge in [-0.2, -0.15) is 0 Å². The molecule has 0 amide bonds. The van der Waals surface area contributed by atoms with E-state index < -0.39 is 5.97 Å². The van der Waals surface area contributed by atoms with Crippen LogP contribution in [0.4, 0.5) is 0 Å². The number of cyclic esters (lactones) is 1. The van der Waals surface area contributed by atoms with Crippen LogP contribution in [-0.2, 0) is 9.53 Å². The molecule has 4 rings (SSSR count). The number of ether oxygens (including phenoxy) is 4. The minimum atomic E-state index is -0.489. The topological polar surface area (TPSA) is 66.4 Å². The quantitative estimate of drug-likeness (QED) is 0.628. The third-order valence-corrected chi connectivity index (χ3v) is 4.15. The summed E-state index contributed by atoms with van der Waals surface area (Å²) in [6.45, 7) is 2.88. The Labute approximate surface area is 150 Å². The summed E-state index contributed by atoms with van der Waals surface area (Å²) in [6.07, 6.45) is 1.65. The molecule has 2 heterocycles. The second-order valence-corrected chi connectivity index (χ2v) is 5.90. The molecule has 0 bridgehead atoms. The molecule has 0 fully saturated rings. The van der Waals surface area contributed by atoms with Crippen molar-refractivity contribution in [2.24, 2.45) is 4.99 Å². The molecule has 0 spiro atoms. The van der Waals surface area contributed by atoms with Gasteiger partial charge in [0.25, 0.3) is 0 Å². The van der Waals surface area contributed by atoms with Gasteiger partial charge in [0.05, 0.1) is 7.11 Å². The van der Waals surface area contributed by atoms with E-state index in [9.17, 15) is 4.79 Å². The largest absolute Gasteiger partial charge is 0.493 e. The molecule has 0 aliphatic carbocycles. The molecule has 2 aliphatic heterocycles. The zero-order valence-corrected chi connectivity index (χ0v) is 14.4. The van der Waals surface area contributed by atoms with Crippen molar-refractivity contribution in [2.45, 2.75) is 6.92 Å². The molecule has 0 unspecified atom stereocenters. The predicted octanol–water partition coefficient (Wildman–Crippen LogP) is 3.12. The number of fused-ring (bicyclic) bond motifs is 1. The van der Waals surface area contributed by atoms with E-state index in [4.69, 9.17) is 18.9 Å². The van der Waals surface area contributed by atoms with Gasteiger partial charge in [0.15, 0.2) is 17.2 Å². The van der Waals surface area contributed by atoms with Crippen LogP contribution in [0.1, 0.15) is 16.7 Å². The van der Waals surface area contributed by atoms with E-state index in [0.29, 0.717) is 41.9 Å². The lowest BCUT2D eigenvalue weighted by Crippen LogP contribution is -2.16. The van der Waals surface area contributed by atoms with Gasteiger partial charge in [-0.3, -0.25) is 0 Å². The SMILES string of the molecule is COc1cc(C=C2N=C(c3ccccc3C)OC2=O)cc2c1OCCO2. The van der Waals surface area contributed by atoms with Gasteiger partial charge in [-0.25, -0.2) is 9.79 Å². The van der Waals surface area contributed by atoms with E-state index in [1.165, 1.54) is 0 Å². The van der Waals surface area contributed by atoms with Gasteiger partial charge < -0.3 is 18.9 Å². The maximum atomic E-state index is 12.2. The molecular formula is C20H17NO5. The highest BCUT2D eigenvalue weighted by Gasteiger charge is 2.26. The van der Waals surface area contributed by atoms with E-state index >= 15 is 0 Å². The standard InChI is InChI=1S/C20H17NO5/c1-12-5-3-4-6-14(12)19-21-15(20(22)26-19)9-13-10-16(23-2)18-17(11-13)24-7-8-25-18/h3-6,9-11H,7-8H2,1-2H3. The van der Waals surface area contributed by atoms with E-state index in [1.54, 1.807) is 25.3 Å². The van der Waals surface area contributed by atoms with Crippen molar-refractivity contribution in [2.75, 3.05) is 20.3 Å². The molecule has 132 valence electrons. The Balaban J connectivity index is 1.72. The fourth-order valence-electron chi connectivity index (χ4n) is 2.87. The van der Waals surface area contributed by atoms with Crippen LogP contribution in [0.2, 0.25) is 0 Å². The molecule has 0 saturated carbocycles. The third kappa shape index (κ3) is 2.90. The highest BCUT2D eigenvalue weighted by molar-refractivity contribution is 6.13. The Morgan fingerprint density at radius 3 is 2.77 bits per heavy atom. The van der Waals surface area contributed by atoms with Crippen molar-refractivity contribution < 1.29 is 23.7 Å². The first-order chi connectivity index (χ1) is 12.7. The summed E-state index contributed by atoms with van der Waals surface area (Å²) in [6, 6.07) is 11.2. The molecule has 2 aromatic rings. The fourth-order valence-corrected chi connectivity index (χ4v) is 2.87. The van der Waals surface area contributed by atoms with Crippen molar-refractivity contribution in [1.82, 2.24) is 0 Å². The Morgan fingerprint density at radius 1 is 1.15 bits per heavy atom. The maximum absolute atomic E-state index is 12.2. The number of nitrogens with zero attached hydrogens (tertiary/aromatic N) is 1. The Hall–Kier alpha value is -3.28. The number of carbonyl (C=O) groups is 1. The molecule has 0 N–H and O–H groups in total. The first-order valence-corrected chi connectivity index (χ1v) is 8.22. The number of aliphatic imine (C=N–C) groups is 1. The van der Waals surface area contributed by atoms with E-state index in [1.807, 2.05) is 31.2 Å². The summed E-state index contributed by atoms with van der Waals surface area (Å²) in [7, 11) is 1.56. The maximum Gasteiger partial charge on any atom is 0.363 e. The number of hydrogen-bond donors (Lipinski definition) is 0. The molecule has 6 nitrogen and oxygen atoms in total. The van der Waals surface area contributed by atoms with Crippen LogP contribution in [0, 0.1) is 6.92 Å². The van der Waals surface area contributed by atoms with Gasteiger partial charge in [0.1, 0.15) is 13.2 Å². The minimum absolute atomic E-state index is 0.224. The average molecular weight is 351 g/mol. The third-order valence-electron chi connectivity index (χ3n) is 4.15. The minimum Gasteiger partial charge on any atom is -0.493 e. The highest BCUT2D eigenvalue weighted by Crippen LogP contribution is 2.41. The molecule has 0 aromatic heterocycles. The van der Waals surface area contributed by atoms with Crippen LogP contribution in [0.3, 0.4) is 0 Å². The monoisotopic (exact) mass is 351 g/mol. The van der Waals surface area contributed by atoms with Crippen molar-refractivity contribution in [1.29, 1.82) is 0 Å². The predicted molar refractivity (Wildman–Crippen MR) is 95.8 cm³/mol. The first kappa shape index (κ1) is 16.2. The van der Waals surface area contributed by atoms with Crippen molar-refractivity contribution in [3.8, 4) is 17.2 Å². The van der Waals surface area contributed by atoms with Gasteiger partial charge in [-0.15, -0.1) is 0 Å². The summed E-state index contributed by atoms with van der Waals surface area (Å²) in [5, 5.41) is 0. The highest BCUT2D eigenvalue weighted by atomic mass is 16.6. The van der Waals surface area contributed by atoms with Gasteiger partial charge in [0.2, 0.25) is 11.6 Å². The lowest BCUT2D eigenvalue weighted by atomic mass is 10.1. The van der Waals surface area contributed by atoms with Crippen LogP contribution in [-0.4, -0.2) is 32.2 Å². The summed E-state index contributed by atoms with van der Waals surface area (Å²) >= 11 is 0. The van der Waals surface area contributed by atoms with Crippen LogP contribution in [0.5, 0.6) is 17.2 Å². The summed E-state index contributed by atoms with van der Waals surface area (Å²) in [5.74, 6) is 1.51. The van der Waals surface area contributed by atoms with Gasteiger partial charge in [-0.05, 0) is 42.3 Å².